The minimum atomic E-state index is -1.18. The average Bonchev–Trinajstić information content (AvgIpc) is 2.91. The SMILES string of the molecule is C[C@H]1[C@H](O)[C@H](n2ccc(N)nc2=O)O[C@@H]1[C@H](C)O[P@@](C)Oc1ccccc1. The van der Waals surface area contributed by atoms with Gasteiger partial charge in [-0.05, 0) is 25.1 Å². The number of nitrogens with two attached hydrogens (primary N) is 1. The van der Waals surface area contributed by atoms with E-state index in [4.69, 9.17) is 19.5 Å². The molecule has 0 spiro atoms. The van der Waals surface area contributed by atoms with Gasteiger partial charge in [0.2, 0.25) is 8.38 Å². The molecule has 0 bridgehead atoms. The summed E-state index contributed by atoms with van der Waals surface area (Å²) in [5.74, 6) is 0.616. The molecule has 1 fully saturated rings. The van der Waals surface area contributed by atoms with Gasteiger partial charge >= 0.3 is 5.69 Å². The number of hydrogen-bond acceptors (Lipinski definition) is 7. The van der Waals surface area contributed by atoms with E-state index >= 15 is 0 Å². The van der Waals surface area contributed by atoms with Crippen molar-refractivity contribution in [2.24, 2.45) is 5.92 Å². The molecule has 1 aliphatic rings. The molecule has 27 heavy (non-hydrogen) atoms. The summed E-state index contributed by atoms with van der Waals surface area (Å²) in [7, 11) is -1.18. The molecule has 1 aromatic heterocycles. The van der Waals surface area contributed by atoms with Gasteiger partial charge in [-0.15, -0.1) is 0 Å². The molecule has 1 saturated heterocycles. The largest absolute Gasteiger partial charge is 0.448 e. The predicted octanol–water partition coefficient (Wildman–Crippen LogP) is 2.15. The molecule has 2 aromatic rings. The first kappa shape index (κ1) is 19.8. The fraction of sp³-hybridized carbons (Fsp3) is 0.444. The predicted molar refractivity (Wildman–Crippen MR) is 102 cm³/mol. The van der Waals surface area contributed by atoms with Gasteiger partial charge in [-0.1, -0.05) is 25.1 Å². The van der Waals surface area contributed by atoms with Crippen molar-refractivity contribution in [3.63, 3.8) is 0 Å². The van der Waals surface area contributed by atoms with Crippen molar-refractivity contribution >= 4 is 14.2 Å². The van der Waals surface area contributed by atoms with E-state index in [0.29, 0.717) is 0 Å². The van der Waals surface area contributed by atoms with Gasteiger partial charge in [0, 0.05) is 18.8 Å². The molecular weight excluding hydrogens is 369 g/mol. The summed E-state index contributed by atoms with van der Waals surface area (Å²) in [5.41, 5.74) is 4.96. The zero-order chi connectivity index (χ0) is 19.6. The molecule has 0 radical (unpaired) electrons. The molecule has 0 unspecified atom stereocenters. The van der Waals surface area contributed by atoms with Gasteiger partial charge in [0.05, 0.1) is 12.2 Å². The molecule has 2 heterocycles. The van der Waals surface area contributed by atoms with Crippen LogP contribution in [0, 0.1) is 5.92 Å². The minimum Gasteiger partial charge on any atom is -0.448 e. The molecule has 6 atom stereocenters. The summed E-state index contributed by atoms with van der Waals surface area (Å²) >= 11 is 0. The van der Waals surface area contributed by atoms with Crippen molar-refractivity contribution in [2.75, 3.05) is 12.4 Å². The van der Waals surface area contributed by atoms with Crippen LogP contribution in [-0.2, 0) is 9.26 Å². The van der Waals surface area contributed by atoms with Crippen molar-refractivity contribution in [1.82, 2.24) is 9.55 Å². The van der Waals surface area contributed by atoms with Gasteiger partial charge in [-0.25, -0.2) is 4.79 Å². The number of benzene rings is 1. The zero-order valence-corrected chi connectivity index (χ0v) is 16.3. The Morgan fingerprint density at radius 3 is 2.70 bits per heavy atom. The number of hydrogen-bond donors (Lipinski definition) is 2. The van der Waals surface area contributed by atoms with Crippen molar-refractivity contribution in [3.05, 3.63) is 53.1 Å². The van der Waals surface area contributed by atoms with Crippen LogP contribution in [0.2, 0.25) is 0 Å². The Morgan fingerprint density at radius 2 is 2.04 bits per heavy atom. The number of nitrogens with zero attached hydrogens (tertiary/aromatic N) is 2. The Bertz CT molecular complexity index is 818. The second-order valence-corrected chi connectivity index (χ2v) is 7.81. The van der Waals surface area contributed by atoms with Gasteiger partial charge in [0.1, 0.15) is 17.7 Å². The van der Waals surface area contributed by atoms with Crippen LogP contribution in [0.5, 0.6) is 5.75 Å². The standard InChI is InChI=1S/C18H24N3O5P/c1-11-15(22)17(21-10-9-14(19)20-18(21)23)24-16(11)12(2)25-27(3)26-13-7-5-4-6-8-13/h4-12,15-17,22H,1-3H3,(H2,19,20,23)/t11-,12-,15-,16-,17+,27+/m0/s1. The van der Waals surface area contributed by atoms with E-state index in [9.17, 15) is 9.90 Å². The van der Waals surface area contributed by atoms with Crippen LogP contribution in [0.25, 0.3) is 0 Å². The topological polar surface area (TPSA) is 109 Å². The average molecular weight is 393 g/mol. The van der Waals surface area contributed by atoms with Gasteiger partial charge < -0.3 is 24.6 Å². The van der Waals surface area contributed by atoms with Gasteiger partial charge in [0.15, 0.2) is 6.23 Å². The highest BCUT2D eigenvalue weighted by Gasteiger charge is 2.45. The summed E-state index contributed by atoms with van der Waals surface area (Å²) in [6.45, 7) is 5.59. The van der Waals surface area contributed by atoms with Crippen LogP contribution < -0.4 is 15.9 Å². The first-order valence-corrected chi connectivity index (χ1v) is 10.3. The maximum atomic E-state index is 12.1. The second-order valence-electron chi connectivity index (χ2n) is 6.54. The Balaban J connectivity index is 1.66. The molecule has 3 rings (SSSR count). The number of aliphatic hydroxyl groups is 1. The van der Waals surface area contributed by atoms with Gasteiger partial charge in [-0.3, -0.25) is 4.57 Å². The first-order valence-electron chi connectivity index (χ1n) is 8.68. The lowest BCUT2D eigenvalue weighted by molar-refractivity contribution is -0.0684. The van der Waals surface area contributed by atoms with E-state index < -0.39 is 32.5 Å². The van der Waals surface area contributed by atoms with Crippen LogP contribution in [0.1, 0.15) is 20.1 Å². The van der Waals surface area contributed by atoms with E-state index in [-0.39, 0.29) is 17.8 Å². The Hall–Kier alpha value is -1.99. The van der Waals surface area contributed by atoms with Crippen molar-refractivity contribution < 1.29 is 18.9 Å². The number of aromatic nitrogens is 2. The van der Waals surface area contributed by atoms with Gasteiger partial charge in [0.25, 0.3) is 0 Å². The molecule has 1 aliphatic heterocycles. The first-order chi connectivity index (χ1) is 12.9. The smallest absolute Gasteiger partial charge is 0.351 e. The van der Waals surface area contributed by atoms with E-state index in [1.807, 2.05) is 50.8 Å². The quantitative estimate of drug-likeness (QED) is 0.724. The number of ether oxygens (including phenoxy) is 1. The molecule has 146 valence electrons. The van der Waals surface area contributed by atoms with E-state index in [1.165, 1.54) is 16.8 Å². The molecule has 3 N–H and O–H groups in total. The molecule has 0 amide bonds. The fourth-order valence-corrected chi connectivity index (χ4v) is 4.20. The van der Waals surface area contributed by atoms with Crippen molar-refractivity contribution in [1.29, 1.82) is 0 Å². The summed E-state index contributed by atoms with van der Waals surface area (Å²) in [4.78, 5) is 15.8. The van der Waals surface area contributed by atoms with Crippen LogP contribution in [0.4, 0.5) is 5.82 Å². The highest BCUT2D eigenvalue weighted by atomic mass is 31.2. The van der Waals surface area contributed by atoms with E-state index in [1.54, 1.807) is 0 Å². The lowest BCUT2D eigenvalue weighted by Crippen LogP contribution is -2.33. The highest BCUT2D eigenvalue weighted by molar-refractivity contribution is 7.46. The van der Waals surface area contributed by atoms with Crippen molar-refractivity contribution in [2.45, 2.75) is 38.4 Å². The van der Waals surface area contributed by atoms with E-state index in [2.05, 4.69) is 4.98 Å². The Morgan fingerprint density at radius 1 is 1.33 bits per heavy atom. The van der Waals surface area contributed by atoms with Crippen LogP contribution in [0.15, 0.2) is 47.4 Å². The molecule has 8 nitrogen and oxygen atoms in total. The van der Waals surface area contributed by atoms with E-state index in [0.717, 1.165) is 5.75 Å². The lowest BCUT2D eigenvalue weighted by Gasteiger charge is -2.25. The van der Waals surface area contributed by atoms with Gasteiger partial charge in [-0.2, -0.15) is 4.98 Å². The number of rotatable bonds is 6. The molecular formula is C18H24N3O5P. The fourth-order valence-electron chi connectivity index (χ4n) is 3.15. The third kappa shape index (κ3) is 4.47. The zero-order valence-electron chi connectivity index (χ0n) is 15.4. The molecule has 1 aromatic carbocycles. The maximum absolute atomic E-state index is 12.1. The maximum Gasteiger partial charge on any atom is 0.351 e. The Kier molecular flexibility index (Phi) is 6.11. The monoisotopic (exact) mass is 393 g/mol. The third-order valence-corrected chi connectivity index (χ3v) is 5.62. The summed E-state index contributed by atoms with van der Waals surface area (Å²) < 4.78 is 19.0. The Labute approximate surface area is 158 Å². The van der Waals surface area contributed by atoms with Crippen LogP contribution in [-0.4, -0.2) is 39.6 Å². The number of anilines is 1. The summed E-state index contributed by atoms with van der Waals surface area (Å²) in [5, 5.41) is 10.6. The third-order valence-electron chi connectivity index (χ3n) is 4.53. The summed E-state index contributed by atoms with van der Waals surface area (Å²) in [6.07, 6.45) is -0.975. The number of nitrogen functional groups attached to an aromatic ring is 1. The highest BCUT2D eigenvalue weighted by Crippen LogP contribution is 2.41. The lowest BCUT2D eigenvalue weighted by atomic mass is 9.97. The second kappa shape index (κ2) is 8.35. The number of para-hydroxylation sites is 1. The molecule has 9 heteroatoms. The van der Waals surface area contributed by atoms with Crippen LogP contribution >= 0.6 is 8.38 Å². The number of aliphatic hydroxyl groups excluding tert-OH is 1. The normalized spacial score (nSPS) is 27.3. The van der Waals surface area contributed by atoms with Crippen molar-refractivity contribution in [3.8, 4) is 5.75 Å². The minimum absolute atomic E-state index is 0.125. The summed E-state index contributed by atoms with van der Waals surface area (Å²) in [6, 6.07) is 10.9. The molecule has 0 aliphatic carbocycles. The molecule has 0 saturated carbocycles. The van der Waals surface area contributed by atoms with Crippen LogP contribution in [0.3, 0.4) is 0 Å².